The number of hydrogen-bond donors (Lipinski definition) is 2. The number of nitrogens with two attached hydrogens (primary N) is 1. The summed E-state index contributed by atoms with van der Waals surface area (Å²) < 4.78 is 13.4. The van der Waals surface area contributed by atoms with Crippen LogP contribution in [-0.2, 0) is 7.05 Å². The molecule has 4 rings (SSSR count). The van der Waals surface area contributed by atoms with E-state index in [9.17, 15) is 9.70 Å². The lowest BCUT2D eigenvalue weighted by molar-refractivity contribution is 0.0949. The van der Waals surface area contributed by atoms with Crippen LogP contribution in [0.2, 0.25) is 0 Å². The van der Waals surface area contributed by atoms with Crippen molar-refractivity contribution in [2.45, 2.75) is 32.7 Å². The maximum Gasteiger partial charge on any atom is 0.319 e. The Kier molecular flexibility index (Phi) is 8.66. The number of anilines is 2. The van der Waals surface area contributed by atoms with Crippen LogP contribution in [0.25, 0.3) is 11.1 Å². The van der Waals surface area contributed by atoms with Gasteiger partial charge in [-0.25, -0.2) is 4.98 Å². The molecule has 4 heterocycles. The molecular weight excluding hydrogens is 490 g/mol. The first kappa shape index (κ1) is 26.8. The van der Waals surface area contributed by atoms with Crippen LogP contribution >= 0.6 is 0 Å². The molecule has 1 amide bonds. The van der Waals surface area contributed by atoms with Crippen molar-refractivity contribution in [2.24, 2.45) is 18.1 Å². The van der Waals surface area contributed by atoms with Crippen molar-refractivity contribution in [2.75, 3.05) is 43.5 Å². The number of carbonyl (C=O) groups excluding carboxylic acids is 1. The maximum absolute atomic E-state index is 12.5. The van der Waals surface area contributed by atoms with Crippen molar-refractivity contribution in [3.8, 4) is 22.9 Å². The smallest absolute Gasteiger partial charge is 0.319 e. The summed E-state index contributed by atoms with van der Waals surface area (Å²) in [6, 6.07) is 3.04. The average molecular weight is 524 g/mol. The van der Waals surface area contributed by atoms with Gasteiger partial charge in [0.05, 0.1) is 12.8 Å². The lowest BCUT2D eigenvalue weighted by atomic mass is 9.98. The molecule has 1 fully saturated rings. The number of carbonyl (C=O) groups is 1. The minimum absolute atomic E-state index is 0.0289. The first-order valence-corrected chi connectivity index (χ1v) is 12.6. The minimum Gasteiger partial charge on any atom is -0.489 e. The van der Waals surface area contributed by atoms with E-state index in [2.05, 4.69) is 35.4 Å². The molecule has 13 nitrogen and oxygen atoms in total. The van der Waals surface area contributed by atoms with Gasteiger partial charge in [-0.2, -0.15) is 20.0 Å². The summed E-state index contributed by atoms with van der Waals surface area (Å²) in [7, 11) is 1.86. The van der Waals surface area contributed by atoms with Crippen LogP contribution in [0, 0.1) is 10.8 Å². The Hall–Kier alpha value is -4.29. The topological polar surface area (TPSA) is 163 Å². The highest BCUT2D eigenvalue weighted by Crippen LogP contribution is 2.29. The molecular formula is C25H33N9O4. The molecule has 1 unspecified atom stereocenters. The predicted molar refractivity (Wildman–Crippen MR) is 142 cm³/mol. The zero-order valence-corrected chi connectivity index (χ0v) is 21.8. The summed E-state index contributed by atoms with van der Waals surface area (Å²) in [6.07, 6.45) is 7.11. The molecule has 1 saturated heterocycles. The summed E-state index contributed by atoms with van der Waals surface area (Å²) >= 11 is 0. The van der Waals surface area contributed by atoms with E-state index in [0.29, 0.717) is 36.5 Å². The summed E-state index contributed by atoms with van der Waals surface area (Å²) in [5.74, 6) is 1.50. The fraction of sp³-hybridized carbons (Fsp3) is 0.480. The van der Waals surface area contributed by atoms with Crippen molar-refractivity contribution in [1.82, 2.24) is 30.0 Å². The Morgan fingerprint density at radius 1 is 1.21 bits per heavy atom. The molecule has 0 aromatic carbocycles. The second-order valence-corrected chi connectivity index (χ2v) is 9.27. The largest absolute Gasteiger partial charge is 0.489 e. The Labute approximate surface area is 220 Å². The summed E-state index contributed by atoms with van der Waals surface area (Å²) in [4.78, 5) is 38.2. The van der Waals surface area contributed by atoms with Crippen LogP contribution < -0.4 is 25.4 Å². The second-order valence-electron chi connectivity index (χ2n) is 9.27. The summed E-state index contributed by atoms with van der Waals surface area (Å²) in [5, 5.41) is 9.88. The molecule has 13 heteroatoms. The number of nitrogens with one attached hydrogen (secondary N) is 1. The average Bonchev–Trinajstić information content (AvgIpc) is 3.37. The van der Waals surface area contributed by atoms with Gasteiger partial charge in [0, 0.05) is 56.3 Å². The molecule has 38 heavy (non-hydrogen) atoms. The van der Waals surface area contributed by atoms with Gasteiger partial charge in [0.15, 0.2) is 11.6 Å². The molecule has 0 bridgehead atoms. The summed E-state index contributed by atoms with van der Waals surface area (Å²) in [6.45, 7) is 5.91. The third-order valence-corrected chi connectivity index (χ3v) is 6.23. The van der Waals surface area contributed by atoms with Crippen LogP contribution in [-0.4, -0.2) is 69.5 Å². The molecule has 3 aromatic heterocycles. The second kappa shape index (κ2) is 12.3. The first-order valence-electron chi connectivity index (χ1n) is 12.6. The zero-order valence-electron chi connectivity index (χ0n) is 21.8. The molecule has 202 valence electrons. The number of aryl methyl sites for hydroxylation is 1. The van der Waals surface area contributed by atoms with Crippen LogP contribution in [0.4, 0.5) is 11.6 Å². The lowest BCUT2D eigenvalue weighted by Crippen LogP contribution is -2.36. The Bertz CT molecular complexity index is 1260. The molecule has 1 atom stereocenters. The Morgan fingerprint density at radius 2 is 2.00 bits per heavy atom. The third kappa shape index (κ3) is 6.72. The van der Waals surface area contributed by atoms with E-state index in [1.54, 1.807) is 30.1 Å². The van der Waals surface area contributed by atoms with Gasteiger partial charge in [-0.15, -0.1) is 0 Å². The number of piperidine rings is 1. The van der Waals surface area contributed by atoms with Crippen molar-refractivity contribution in [3.05, 3.63) is 41.3 Å². The van der Waals surface area contributed by atoms with E-state index in [1.165, 1.54) is 0 Å². The van der Waals surface area contributed by atoms with E-state index in [-0.39, 0.29) is 24.2 Å². The number of ether oxygens (including phenoxy) is 2. The standard InChI is InChI=1S/C25H33N9O4/c1-4-27-24(35)20-10-22(31-25(30-20)38-14-16(2)32-36)34-7-5-17(6-8-34)15-37-21-9-18(11-28-23(21)26)19-12-29-33(3)13-19/h9-13,16-17H,4-8,14-15H2,1-3H3,(H2,26,28)(H,27,35). The molecule has 0 spiro atoms. The summed E-state index contributed by atoms with van der Waals surface area (Å²) in [5.41, 5.74) is 8.10. The normalized spacial score (nSPS) is 14.7. The quantitative estimate of drug-likeness (QED) is 0.357. The van der Waals surface area contributed by atoms with Crippen LogP contribution in [0.1, 0.15) is 37.2 Å². The number of hydrogen-bond acceptors (Lipinski definition) is 11. The fourth-order valence-electron chi connectivity index (χ4n) is 4.07. The monoisotopic (exact) mass is 523 g/mol. The number of nitroso groups, excluding NO2 is 1. The minimum atomic E-state index is -0.555. The highest BCUT2D eigenvalue weighted by Gasteiger charge is 2.24. The van der Waals surface area contributed by atoms with Gasteiger partial charge >= 0.3 is 6.01 Å². The van der Waals surface area contributed by atoms with E-state index < -0.39 is 6.04 Å². The van der Waals surface area contributed by atoms with Gasteiger partial charge in [0.1, 0.15) is 24.2 Å². The van der Waals surface area contributed by atoms with E-state index in [4.69, 9.17) is 15.2 Å². The molecule has 0 radical (unpaired) electrons. The van der Waals surface area contributed by atoms with Crippen molar-refractivity contribution >= 4 is 17.5 Å². The molecule has 3 aromatic rings. The van der Waals surface area contributed by atoms with Crippen LogP contribution in [0.3, 0.4) is 0 Å². The van der Waals surface area contributed by atoms with Crippen LogP contribution in [0.5, 0.6) is 11.8 Å². The van der Waals surface area contributed by atoms with Gasteiger partial charge in [-0.3, -0.25) is 9.48 Å². The Morgan fingerprint density at radius 3 is 2.68 bits per heavy atom. The molecule has 0 aliphatic carbocycles. The van der Waals surface area contributed by atoms with Crippen molar-refractivity contribution in [1.29, 1.82) is 0 Å². The highest BCUT2D eigenvalue weighted by molar-refractivity contribution is 5.93. The fourth-order valence-corrected chi connectivity index (χ4v) is 4.07. The van der Waals surface area contributed by atoms with Gasteiger partial charge in [0.25, 0.3) is 5.91 Å². The molecule has 3 N–H and O–H groups in total. The number of nitrogen functional groups attached to an aromatic ring is 1. The van der Waals surface area contributed by atoms with Crippen LogP contribution in [0.15, 0.2) is 35.9 Å². The number of amides is 1. The number of aromatic nitrogens is 5. The van der Waals surface area contributed by atoms with Crippen molar-refractivity contribution in [3.63, 3.8) is 0 Å². The first-order chi connectivity index (χ1) is 18.4. The predicted octanol–water partition coefficient (Wildman–Crippen LogP) is 2.43. The number of nitrogens with zero attached hydrogens (tertiary/aromatic N) is 7. The van der Waals surface area contributed by atoms with E-state index >= 15 is 0 Å². The van der Waals surface area contributed by atoms with Gasteiger partial charge in [-0.05, 0) is 38.7 Å². The Balaban J connectivity index is 1.38. The van der Waals surface area contributed by atoms with Gasteiger partial charge < -0.3 is 25.4 Å². The van der Waals surface area contributed by atoms with E-state index in [0.717, 1.165) is 37.1 Å². The maximum atomic E-state index is 12.5. The lowest BCUT2D eigenvalue weighted by Gasteiger charge is -2.33. The number of rotatable bonds is 11. The third-order valence-electron chi connectivity index (χ3n) is 6.23. The highest BCUT2D eigenvalue weighted by atomic mass is 16.5. The van der Waals surface area contributed by atoms with Gasteiger partial charge in [0.2, 0.25) is 0 Å². The number of pyridine rings is 1. The van der Waals surface area contributed by atoms with Crippen molar-refractivity contribution < 1.29 is 14.3 Å². The molecule has 1 aliphatic heterocycles. The van der Waals surface area contributed by atoms with Gasteiger partial charge in [-0.1, -0.05) is 5.18 Å². The molecule has 0 saturated carbocycles. The SMILES string of the molecule is CCNC(=O)c1cc(N2CCC(COc3cc(-c4cnn(C)c4)cnc3N)CC2)nc(OCC(C)N=O)n1. The van der Waals surface area contributed by atoms with E-state index in [1.807, 2.05) is 26.2 Å². The molecule has 1 aliphatic rings. The zero-order chi connectivity index (χ0) is 27.1.